The summed E-state index contributed by atoms with van der Waals surface area (Å²) < 4.78 is 4.98. The van der Waals surface area contributed by atoms with E-state index in [1.807, 2.05) is 18.3 Å². The van der Waals surface area contributed by atoms with Crippen LogP contribution in [-0.4, -0.2) is 35.7 Å². The van der Waals surface area contributed by atoms with Crippen molar-refractivity contribution in [3.63, 3.8) is 0 Å². The quantitative estimate of drug-likeness (QED) is 0.585. The first-order chi connectivity index (χ1) is 12.0. The largest absolute Gasteiger partial charge is 0.415 e. The summed E-state index contributed by atoms with van der Waals surface area (Å²) in [6, 6.07) is 3.55. The molecular formula is C19H29N3O3. The summed E-state index contributed by atoms with van der Waals surface area (Å²) in [6.07, 6.45) is 6.38. The van der Waals surface area contributed by atoms with Crippen LogP contribution in [0.5, 0.6) is 0 Å². The van der Waals surface area contributed by atoms with Crippen molar-refractivity contribution < 1.29 is 14.3 Å². The molecule has 0 aliphatic carbocycles. The van der Waals surface area contributed by atoms with Crippen LogP contribution in [0.1, 0.15) is 57.9 Å². The fraction of sp³-hybridized carbons (Fsp3) is 0.632. The van der Waals surface area contributed by atoms with Gasteiger partial charge < -0.3 is 15.4 Å². The lowest BCUT2D eigenvalue weighted by atomic mass is 9.83. The van der Waals surface area contributed by atoms with Crippen molar-refractivity contribution in [1.82, 2.24) is 15.6 Å². The number of carbonyl (C=O) groups excluding carboxylic acids is 2. The molecule has 25 heavy (non-hydrogen) atoms. The summed E-state index contributed by atoms with van der Waals surface area (Å²) in [6.45, 7) is 7.11. The average Bonchev–Trinajstić information content (AvgIpc) is 3.15. The molecule has 1 saturated heterocycles. The van der Waals surface area contributed by atoms with E-state index in [9.17, 15) is 9.59 Å². The minimum Gasteiger partial charge on any atom is -0.375 e. The zero-order chi connectivity index (χ0) is 18.2. The van der Waals surface area contributed by atoms with Crippen molar-refractivity contribution in [3.8, 4) is 0 Å². The molecule has 1 aromatic rings. The fourth-order valence-corrected chi connectivity index (χ4v) is 3.30. The lowest BCUT2D eigenvalue weighted by Crippen LogP contribution is -2.44. The maximum atomic E-state index is 12.2. The lowest BCUT2D eigenvalue weighted by Gasteiger charge is -2.29. The third-order valence-electron chi connectivity index (χ3n) is 5.07. The molecule has 0 saturated carbocycles. The summed E-state index contributed by atoms with van der Waals surface area (Å²) in [7, 11) is 0. The van der Waals surface area contributed by atoms with Crippen molar-refractivity contribution in [2.24, 2.45) is 5.92 Å². The van der Waals surface area contributed by atoms with Crippen LogP contribution in [0, 0.1) is 5.92 Å². The molecule has 1 fully saturated rings. The molecule has 0 radical (unpaired) electrons. The molecule has 4 atom stereocenters. The molecule has 0 bridgehead atoms. The van der Waals surface area contributed by atoms with Gasteiger partial charge in [0.15, 0.2) is 0 Å². The van der Waals surface area contributed by atoms with E-state index in [4.69, 9.17) is 4.74 Å². The monoisotopic (exact) mass is 347 g/mol. The minimum absolute atomic E-state index is 0.0583. The standard InChI is InChI=1S/C19H29N3O3/c1-4-7-16(14(3)13(2)15-8-5-10-20-12-15)22-19(24)25-18(23)17-9-6-11-21-17/h5,8,10,12-14,16-17,21H,4,6-7,9,11H2,1-3H3,(H,22,24)/t13?,14-,16?,17?/m0/s1. The zero-order valence-electron chi connectivity index (χ0n) is 15.3. The zero-order valence-corrected chi connectivity index (χ0v) is 15.3. The Kier molecular flexibility index (Phi) is 7.37. The van der Waals surface area contributed by atoms with E-state index >= 15 is 0 Å². The first-order valence-electron chi connectivity index (χ1n) is 9.18. The highest BCUT2D eigenvalue weighted by Crippen LogP contribution is 2.27. The van der Waals surface area contributed by atoms with Gasteiger partial charge >= 0.3 is 12.1 Å². The Hall–Kier alpha value is -1.95. The average molecular weight is 347 g/mol. The van der Waals surface area contributed by atoms with E-state index in [1.165, 1.54) is 0 Å². The van der Waals surface area contributed by atoms with Gasteiger partial charge in [-0.05, 0) is 49.3 Å². The molecule has 1 aromatic heterocycles. The fourth-order valence-electron chi connectivity index (χ4n) is 3.30. The number of pyridine rings is 1. The van der Waals surface area contributed by atoms with E-state index in [0.717, 1.165) is 37.8 Å². The highest BCUT2D eigenvalue weighted by molar-refractivity contribution is 5.87. The second kappa shape index (κ2) is 9.51. The molecule has 1 aliphatic rings. The number of rotatable bonds is 7. The Morgan fingerprint density at radius 3 is 2.84 bits per heavy atom. The van der Waals surface area contributed by atoms with Gasteiger partial charge in [-0.1, -0.05) is 33.3 Å². The molecule has 2 N–H and O–H groups in total. The van der Waals surface area contributed by atoms with Crippen LogP contribution in [0.25, 0.3) is 0 Å². The number of carbonyl (C=O) groups is 2. The topological polar surface area (TPSA) is 80.3 Å². The Morgan fingerprint density at radius 2 is 2.24 bits per heavy atom. The molecule has 0 spiro atoms. The summed E-state index contributed by atoms with van der Waals surface area (Å²) in [5.74, 6) is -0.0626. The molecule has 2 heterocycles. The van der Waals surface area contributed by atoms with Gasteiger partial charge in [0.05, 0.1) is 0 Å². The molecule has 3 unspecified atom stereocenters. The van der Waals surface area contributed by atoms with Crippen LogP contribution in [-0.2, 0) is 9.53 Å². The van der Waals surface area contributed by atoms with Gasteiger partial charge in [0.2, 0.25) is 0 Å². The van der Waals surface area contributed by atoms with Crippen LogP contribution < -0.4 is 10.6 Å². The van der Waals surface area contributed by atoms with Gasteiger partial charge in [-0.25, -0.2) is 9.59 Å². The molecule has 0 aromatic carbocycles. The third-order valence-corrected chi connectivity index (χ3v) is 5.07. The van der Waals surface area contributed by atoms with Crippen LogP contribution in [0.3, 0.4) is 0 Å². The second-order valence-corrected chi connectivity index (χ2v) is 6.83. The number of hydrogen-bond donors (Lipinski definition) is 2. The molecular weight excluding hydrogens is 318 g/mol. The molecule has 2 rings (SSSR count). The van der Waals surface area contributed by atoms with Crippen molar-refractivity contribution >= 4 is 12.1 Å². The van der Waals surface area contributed by atoms with Crippen molar-refractivity contribution in [2.75, 3.05) is 6.54 Å². The van der Waals surface area contributed by atoms with Gasteiger partial charge in [-0.3, -0.25) is 4.98 Å². The summed E-state index contributed by atoms with van der Waals surface area (Å²) in [5.41, 5.74) is 1.14. The maximum Gasteiger partial charge on any atom is 0.415 e. The van der Waals surface area contributed by atoms with E-state index in [2.05, 4.69) is 36.4 Å². The number of hydrogen-bond acceptors (Lipinski definition) is 5. The summed E-state index contributed by atoms with van der Waals surface area (Å²) in [5, 5.41) is 5.93. The normalized spacial score (nSPS) is 20.5. The molecule has 138 valence electrons. The maximum absolute atomic E-state index is 12.2. The summed E-state index contributed by atoms with van der Waals surface area (Å²) in [4.78, 5) is 28.3. The minimum atomic E-state index is -0.651. The first kappa shape index (κ1) is 19.4. The van der Waals surface area contributed by atoms with Gasteiger partial charge in [0.1, 0.15) is 6.04 Å². The van der Waals surface area contributed by atoms with Gasteiger partial charge in [-0.2, -0.15) is 0 Å². The molecule has 6 heteroatoms. The number of nitrogens with zero attached hydrogens (tertiary/aromatic N) is 1. The number of alkyl carbamates (subject to hydrolysis) is 1. The number of amides is 1. The van der Waals surface area contributed by atoms with Crippen LogP contribution in [0.2, 0.25) is 0 Å². The SMILES string of the molecule is CCCC(NC(=O)OC(=O)C1CCCN1)[C@@H](C)C(C)c1cccnc1. The molecule has 1 aliphatic heterocycles. The van der Waals surface area contributed by atoms with Crippen LogP contribution >= 0.6 is 0 Å². The lowest BCUT2D eigenvalue weighted by molar-refractivity contribution is -0.139. The van der Waals surface area contributed by atoms with Gasteiger partial charge in [-0.15, -0.1) is 0 Å². The van der Waals surface area contributed by atoms with Gasteiger partial charge in [0, 0.05) is 18.4 Å². The number of ether oxygens (including phenoxy) is 1. The van der Waals surface area contributed by atoms with Crippen LogP contribution in [0.15, 0.2) is 24.5 Å². The number of esters is 1. The van der Waals surface area contributed by atoms with Crippen LogP contribution in [0.4, 0.5) is 4.79 Å². The summed E-state index contributed by atoms with van der Waals surface area (Å²) >= 11 is 0. The van der Waals surface area contributed by atoms with Gasteiger partial charge in [0.25, 0.3) is 0 Å². The predicted molar refractivity (Wildman–Crippen MR) is 96.2 cm³/mol. The Balaban J connectivity index is 1.94. The highest BCUT2D eigenvalue weighted by atomic mass is 16.6. The Morgan fingerprint density at radius 1 is 1.44 bits per heavy atom. The molecule has 6 nitrogen and oxygen atoms in total. The van der Waals surface area contributed by atoms with Crippen molar-refractivity contribution in [1.29, 1.82) is 0 Å². The smallest absolute Gasteiger partial charge is 0.375 e. The van der Waals surface area contributed by atoms with E-state index < -0.39 is 12.1 Å². The van der Waals surface area contributed by atoms with Crippen molar-refractivity contribution in [2.45, 2.75) is 64.5 Å². The van der Waals surface area contributed by atoms with E-state index in [-0.39, 0.29) is 23.9 Å². The van der Waals surface area contributed by atoms with E-state index in [1.54, 1.807) is 6.20 Å². The predicted octanol–water partition coefficient (Wildman–Crippen LogP) is 2.99. The first-order valence-corrected chi connectivity index (χ1v) is 9.18. The Bertz CT molecular complexity index is 558. The second-order valence-electron chi connectivity index (χ2n) is 6.83. The molecule has 1 amide bonds. The number of aromatic nitrogens is 1. The van der Waals surface area contributed by atoms with Crippen molar-refractivity contribution in [3.05, 3.63) is 30.1 Å². The Labute approximate surface area is 149 Å². The third kappa shape index (κ3) is 5.53. The highest BCUT2D eigenvalue weighted by Gasteiger charge is 2.29. The number of nitrogens with one attached hydrogen (secondary N) is 2. The van der Waals surface area contributed by atoms with E-state index in [0.29, 0.717) is 0 Å².